The fourth-order valence-corrected chi connectivity index (χ4v) is 1.14. The summed E-state index contributed by atoms with van der Waals surface area (Å²) in [5.74, 6) is -0.000602. The number of hydrogen-bond acceptors (Lipinski definition) is 2. The van der Waals surface area contributed by atoms with Gasteiger partial charge in [0.2, 0.25) is 5.91 Å². The van der Waals surface area contributed by atoms with E-state index in [1.54, 1.807) is 21.0 Å². The molecule has 0 aromatic rings. The van der Waals surface area contributed by atoms with Crippen LogP contribution in [0.25, 0.3) is 0 Å². The van der Waals surface area contributed by atoms with Gasteiger partial charge in [-0.3, -0.25) is 4.79 Å². The van der Waals surface area contributed by atoms with Crippen LogP contribution in [0.15, 0.2) is 0 Å². The number of amides is 1. The second-order valence-corrected chi connectivity index (χ2v) is 3.37. The zero-order chi connectivity index (χ0) is 9.07. The molecule has 0 aromatic heterocycles. The first-order valence-corrected chi connectivity index (χ1v) is 3.92. The van der Waals surface area contributed by atoms with Crippen LogP contribution < -0.4 is 5.73 Å². The molecule has 0 saturated carbocycles. The lowest BCUT2D eigenvalue weighted by atomic mass is 9.96. The van der Waals surface area contributed by atoms with Crippen LogP contribution in [0.1, 0.15) is 26.7 Å². The average molecular weight is 158 g/mol. The Morgan fingerprint density at radius 2 is 2.00 bits per heavy atom. The molecule has 0 aliphatic heterocycles. The Hall–Kier alpha value is -0.570. The van der Waals surface area contributed by atoms with Crippen LogP contribution in [-0.4, -0.2) is 30.4 Å². The van der Waals surface area contributed by atoms with Gasteiger partial charge in [0.05, 0.1) is 5.54 Å². The normalized spacial score (nSPS) is 15.7. The molecule has 3 nitrogen and oxygen atoms in total. The molecule has 0 aliphatic carbocycles. The van der Waals surface area contributed by atoms with Crippen molar-refractivity contribution >= 4 is 5.91 Å². The standard InChI is InChI=1S/C8H18N2O/c1-5-6-8(2,9)7(11)10(3)4/h5-6,9H2,1-4H3. The van der Waals surface area contributed by atoms with Gasteiger partial charge in [-0.25, -0.2) is 0 Å². The molecular formula is C8H18N2O. The fourth-order valence-electron chi connectivity index (χ4n) is 1.14. The van der Waals surface area contributed by atoms with Gasteiger partial charge >= 0.3 is 0 Å². The summed E-state index contributed by atoms with van der Waals surface area (Å²) in [7, 11) is 3.45. The molecule has 0 bridgehead atoms. The van der Waals surface area contributed by atoms with E-state index in [0.29, 0.717) is 0 Å². The number of carbonyl (C=O) groups excluding carboxylic acids is 1. The molecule has 3 heteroatoms. The summed E-state index contributed by atoms with van der Waals surface area (Å²) in [6.45, 7) is 3.80. The minimum atomic E-state index is -0.682. The molecule has 0 rings (SSSR count). The van der Waals surface area contributed by atoms with Crippen molar-refractivity contribution in [1.82, 2.24) is 4.90 Å². The Morgan fingerprint density at radius 1 is 1.55 bits per heavy atom. The van der Waals surface area contributed by atoms with E-state index in [1.165, 1.54) is 4.90 Å². The summed E-state index contributed by atoms with van der Waals surface area (Å²) in [5, 5.41) is 0. The number of hydrogen-bond donors (Lipinski definition) is 1. The van der Waals surface area contributed by atoms with E-state index in [1.807, 2.05) is 6.92 Å². The van der Waals surface area contributed by atoms with E-state index < -0.39 is 5.54 Å². The summed E-state index contributed by atoms with van der Waals surface area (Å²) >= 11 is 0. The minimum absolute atomic E-state index is 0.000602. The predicted molar refractivity (Wildman–Crippen MR) is 46.2 cm³/mol. The van der Waals surface area contributed by atoms with Crippen LogP contribution in [-0.2, 0) is 4.79 Å². The van der Waals surface area contributed by atoms with Gasteiger partial charge < -0.3 is 10.6 Å². The van der Waals surface area contributed by atoms with Crippen LogP contribution >= 0.6 is 0 Å². The largest absolute Gasteiger partial charge is 0.347 e. The van der Waals surface area contributed by atoms with Crippen LogP contribution in [0.5, 0.6) is 0 Å². The molecule has 0 saturated heterocycles. The Bertz CT molecular complexity index is 141. The molecule has 0 aliphatic rings. The first-order valence-electron chi connectivity index (χ1n) is 3.92. The number of nitrogens with zero attached hydrogens (tertiary/aromatic N) is 1. The number of rotatable bonds is 3. The summed E-state index contributed by atoms with van der Waals surface area (Å²) in [5.41, 5.74) is 5.10. The zero-order valence-corrected chi connectivity index (χ0v) is 7.85. The van der Waals surface area contributed by atoms with Crippen molar-refractivity contribution in [2.75, 3.05) is 14.1 Å². The van der Waals surface area contributed by atoms with Gasteiger partial charge in [0, 0.05) is 14.1 Å². The topological polar surface area (TPSA) is 46.3 Å². The molecule has 11 heavy (non-hydrogen) atoms. The highest BCUT2D eigenvalue weighted by Gasteiger charge is 2.28. The van der Waals surface area contributed by atoms with Gasteiger partial charge in [-0.15, -0.1) is 0 Å². The van der Waals surface area contributed by atoms with Crippen LogP contribution in [0.4, 0.5) is 0 Å². The van der Waals surface area contributed by atoms with Crippen LogP contribution in [0, 0.1) is 0 Å². The number of nitrogens with two attached hydrogens (primary N) is 1. The maximum atomic E-state index is 11.4. The minimum Gasteiger partial charge on any atom is -0.347 e. The van der Waals surface area contributed by atoms with Gasteiger partial charge in [-0.2, -0.15) is 0 Å². The predicted octanol–water partition coefficient (Wildman–Crippen LogP) is 0.592. The van der Waals surface area contributed by atoms with E-state index in [4.69, 9.17) is 5.73 Å². The molecule has 1 atom stereocenters. The summed E-state index contributed by atoms with van der Waals surface area (Å²) in [6, 6.07) is 0. The maximum Gasteiger partial charge on any atom is 0.241 e. The monoisotopic (exact) mass is 158 g/mol. The van der Waals surface area contributed by atoms with Gasteiger partial charge in [0.15, 0.2) is 0 Å². The van der Waals surface area contributed by atoms with E-state index in [0.717, 1.165) is 12.8 Å². The molecule has 1 unspecified atom stereocenters. The highest BCUT2D eigenvalue weighted by Crippen LogP contribution is 2.10. The molecule has 0 heterocycles. The molecule has 0 radical (unpaired) electrons. The van der Waals surface area contributed by atoms with Crippen LogP contribution in [0.2, 0.25) is 0 Å². The molecule has 66 valence electrons. The SMILES string of the molecule is CCCC(C)(N)C(=O)N(C)C. The lowest BCUT2D eigenvalue weighted by molar-refractivity contribution is -0.134. The second kappa shape index (κ2) is 3.72. The summed E-state index contributed by atoms with van der Waals surface area (Å²) < 4.78 is 0. The third-order valence-electron chi connectivity index (χ3n) is 1.66. The first kappa shape index (κ1) is 10.4. The summed E-state index contributed by atoms with van der Waals surface area (Å²) in [4.78, 5) is 12.9. The molecule has 0 aromatic carbocycles. The highest BCUT2D eigenvalue weighted by molar-refractivity contribution is 5.85. The van der Waals surface area contributed by atoms with E-state index in [-0.39, 0.29) is 5.91 Å². The number of likely N-dealkylation sites (N-methyl/N-ethyl adjacent to an activating group) is 1. The average Bonchev–Trinajstić information content (AvgIpc) is 1.86. The van der Waals surface area contributed by atoms with Crippen molar-refractivity contribution in [3.63, 3.8) is 0 Å². The maximum absolute atomic E-state index is 11.4. The first-order chi connectivity index (χ1) is 4.91. The lowest BCUT2D eigenvalue weighted by Crippen LogP contribution is -2.50. The Kier molecular flexibility index (Phi) is 3.52. The van der Waals surface area contributed by atoms with Crippen molar-refractivity contribution in [2.45, 2.75) is 32.2 Å². The van der Waals surface area contributed by atoms with E-state index >= 15 is 0 Å². The molecule has 2 N–H and O–H groups in total. The Labute approximate surface area is 68.6 Å². The van der Waals surface area contributed by atoms with E-state index in [2.05, 4.69) is 0 Å². The van der Waals surface area contributed by atoms with E-state index in [9.17, 15) is 4.79 Å². The molecule has 1 amide bonds. The van der Waals surface area contributed by atoms with Crippen molar-refractivity contribution in [3.8, 4) is 0 Å². The Morgan fingerprint density at radius 3 is 2.27 bits per heavy atom. The summed E-state index contributed by atoms with van der Waals surface area (Å²) in [6.07, 6.45) is 1.68. The smallest absolute Gasteiger partial charge is 0.241 e. The molecule has 0 fully saturated rings. The van der Waals surface area contributed by atoms with Gasteiger partial charge in [0.25, 0.3) is 0 Å². The second-order valence-electron chi connectivity index (χ2n) is 3.37. The quantitative estimate of drug-likeness (QED) is 0.653. The Balaban J connectivity index is 4.17. The van der Waals surface area contributed by atoms with Crippen molar-refractivity contribution < 1.29 is 4.79 Å². The highest BCUT2D eigenvalue weighted by atomic mass is 16.2. The van der Waals surface area contributed by atoms with Crippen molar-refractivity contribution in [1.29, 1.82) is 0 Å². The number of carbonyl (C=O) groups is 1. The van der Waals surface area contributed by atoms with Crippen molar-refractivity contribution in [3.05, 3.63) is 0 Å². The van der Waals surface area contributed by atoms with Crippen molar-refractivity contribution in [2.24, 2.45) is 5.73 Å². The molecule has 0 spiro atoms. The van der Waals surface area contributed by atoms with Gasteiger partial charge in [-0.1, -0.05) is 13.3 Å². The lowest BCUT2D eigenvalue weighted by Gasteiger charge is -2.26. The van der Waals surface area contributed by atoms with Crippen LogP contribution in [0.3, 0.4) is 0 Å². The molecular weight excluding hydrogens is 140 g/mol. The third kappa shape index (κ3) is 2.89. The van der Waals surface area contributed by atoms with Gasteiger partial charge in [0.1, 0.15) is 0 Å². The zero-order valence-electron chi connectivity index (χ0n) is 7.85. The van der Waals surface area contributed by atoms with Gasteiger partial charge in [-0.05, 0) is 13.3 Å². The third-order valence-corrected chi connectivity index (χ3v) is 1.66. The fraction of sp³-hybridized carbons (Fsp3) is 0.875.